The Kier molecular flexibility index (Phi) is 4.35. The van der Waals surface area contributed by atoms with Crippen LogP contribution in [0, 0.1) is 0 Å². The molecule has 154 valence electrons. The molecule has 5 rings (SSSR count). The second kappa shape index (κ2) is 6.91. The van der Waals surface area contributed by atoms with Crippen LogP contribution in [0.1, 0.15) is 35.6 Å². The number of hydrogen-bond acceptors (Lipinski definition) is 7. The number of benzene rings is 2. The molecule has 3 aliphatic heterocycles. The van der Waals surface area contributed by atoms with Crippen molar-refractivity contribution in [2.75, 3.05) is 34.7 Å². The summed E-state index contributed by atoms with van der Waals surface area (Å²) in [6, 6.07) is 6.34. The lowest BCUT2D eigenvalue weighted by Crippen LogP contribution is -2.40. The van der Waals surface area contributed by atoms with Gasteiger partial charge in [0.1, 0.15) is 0 Å². The zero-order valence-electron chi connectivity index (χ0n) is 16.9. The van der Waals surface area contributed by atoms with Crippen molar-refractivity contribution in [2.24, 2.45) is 0 Å². The van der Waals surface area contributed by atoms with Crippen molar-refractivity contribution in [1.29, 1.82) is 0 Å². The molecule has 0 radical (unpaired) electrons. The molecule has 2 aromatic carbocycles. The van der Waals surface area contributed by atoms with Gasteiger partial charge in [-0.05, 0) is 55.1 Å². The molecule has 0 saturated carbocycles. The summed E-state index contributed by atoms with van der Waals surface area (Å²) in [5.74, 6) is 3.07. The molecule has 0 spiro atoms. The van der Waals surface area contributed by atoms with Crippen molar-refractivity contribution in [1.82, 2.24) is 4.90 Å². The van der Waals surface area contributed by atoms with Gasteiger partial charge in [-0.2, -0.15) is 0 Å². The molecule has 2 unspecified atom stereocenters. The molecule has 7 nitrogen and oxygen atoms in total. The number of rotatable bonds is 4. The smallest absolute Gasteiger partial charge is 0.231 e. The molecule has 3 aliphatic rings. The predicted molar refractivity (Wildman–Crippen MR) is 106 cm³/mol. The summed E-state index contributed by atoms with van der Waals surface area (Å²) in [6.07, 6.45) is 3.04. The largest absolute Gasteiger partial charge is 0.504 e. The summed E-state index contributed by atoms with van der Waals surface area (Å²) >= 11 is 0. The van der Waals surface area contributed by atoms with Gasteiger partial charge in [-0.25, -0.2) is 0 Å². The quantitative estimate of drug-likeness (QED) is 0.846. The van der Waals surface area contributed by atoms with Gasteiger partial charge in [-0.1, -0.05) is 0 Å². The predicted octanol–water partition coefficient (Wildman–Crippen LogP) is 3.26. The van der Waals surface area contributed by atoms with Crippen molar-refractivity contribution in [3.63, 3.8) is 0 Å². The van der Waals surface area contributed by atoms with Gasteiger partial charge in [-0.15, -0.1) is 0 Å². The maximum atomic E-state index is 10.9. The standard InChI is InChI=1S/C22H25NO6/c1-25-16-7-12(8-17(26-2)21(16)27-3)19-14-10-18-22(29-11-28-18)20(24)15(14)9-13-5-4-6-23(13)19/h7-8,10,13,19,24H,4-6,9,11H2,1-3H3. The van der Waals surface area contributed by atoms with E-state index in [-0.39, 0.29) is 18.6 Å². The van der Waals surface area contributed by atoms with Crippen molar-refractivity contribution in [3.8, 4) is 34.5 Å². The van der Waals surface area contributed by atoms with Crippen LogP contribution in [0.15, 0.2) is 18.2 Å². The summed E-state index contributed by atoms with van der Waals surface area (Å²) in [7, 11) is 4.85. The monoisotopic (exact) mass is 399 g/mol. The number of fused-ring (bicyclic) bond motifs is 3. The number of phenols is 1. The van der Waals surface area contributed by atoms with Gasteiger partial charge in [-0.3, -0.25) is 4.90 Å². The van der Waals surface area contributed by atoms with Gasteiger partial charge in [0.05, 0.1) is 27.4 Å². The molecule has 2 atom stereocenters. The Balaban J connectivity index is 1.72. The molecule has 1 N–H and O–H groups in total. The first-order valence-corrected chi connectivity index (χ1v) is 9.86. The highest BCUT2D eigenvalue weighted by atomic mass is 16.7. The lowest BCUT2D eigenvalue weighted by molar-refractivity contribution is 0.171. The maximum absolute atomic E-state index is 10.9. The van der Waals surface area contributed by atoms with E-state index in [1.807, 2.05) is 18.2 Å². The molecule has 7 heteroatoms. The number of nitrogens with zero attached hydrogens (tertiary/aromatic N) is 1. The summed E-state index contributed by atoms with van der Waals surface area (Å²) in [6.45, 7) is 1.13. The second-order valence-corrected chi connectivity index (χ2v) is 7.63. The molecule has 29 heavy (non-hydrogen) atoms. The van der Waals surface area contributed by atoms with E-state index in [2.05, 4.69) is 4.90 Å². The minimum atomic E-state index is -0.0413. The Morgan fingerprint density at radius 3 is 2.48 bits per heavy atom. The number of ether oxygens (including phenoxy) is 5. The highest BCUT2D eigenvalue weighted by molar-refractivity contribution is 5.63. The average molecular weight is 399 g/mol. The summed E-state index contributed by atoms with van der Waals surface area (Å²) in [5.41, 5.74) is 3.01. The van der Waals surface area contributed by atoms with Crippen molar-refractivity contribution >= 4 is 0 Å². The fourth-order valence-electron chi connectivity index (χ4n) is 5.00. The summed E-state index contributed by atoms with van der Waals surface area (Å²) in [4.78, 5) is 2.50. The Bertz CT molecular complexity index is 934. The van der Waals surface area contributed by atoms with Crippen LogP contribution >= 0.6 is 0 Å². The normalized spacial score (nSPS) is 22.2. The first-order chi connectivity index (χ1) is 14.2. The first kappa shape index (κ1) is 18.2. The summed E-state index contributed by atoms with van der Waals surface area (Å²) < 4.78 is 27.8. The zero-order chi connectivity index (χ0) is 20.1. The number of aromatic hydroxyl groups is 1. The van der Waals surface area contributed by atoms with Crippen LogP contribution in [-0.4, -0.2) is 50.7 Å². The van der Waals surface area contributed by atoms with Crippen LogP contribution in [0.5, 0.6) is 34.5 Å². The van der Waals surface area contributed by atoms with Crippen LogP contribution in [0.4, 0.5) is 0 Å². The third kappa shape index (κ3) is 2.68. The molecule has 1 saturated heterocycles. The van der Waals surface area contributed by atoms with Gasteiger partial charge in [0.2, 0.25) is 18.3 Å². The molecule has 0 bridgehead atoms. The molecule has 2 aromatic rings. The maximum Gasteiger partial charge on any atom is 0.231 e. The van der Waals surface area contributed by atoms with E-state index in [4.69, 9.17) is 23.7 Å². The molecule has 0 aromatic heterocycles. The highest BCUT2D eigenvalue weighted by Gasteiger charge is 2.41. The lowest BCUT2D eigenvalue weighted by atomic mass is 9.84. The number of methoxy groups -OCH3 is 3. The minimum Gasteiger partial charge on any atom is -0.504 e. The Morgan fingerprint density at radius 2 is 1.79 bits per heavy atom. The molecule has 0 amide bonds. The SMILES string of the molecule is COc1cc(C2c3cc4c(c(O)c3CC3CCCN32)OCO4)cc(OC)c1OC. The lowest BCUT2D eigenvalue weighted by Gasteiger charge is -2.40. The topological polar surface area (TPSA) is 69.6 Å². The second-order valence-electron chi connectivity index (χ2n) is 7.63. The van der Waals surface area contributed by atoms with Gasteiger partial charge >= 0.3 is 0 Å². The van der Waals surface area contributed by atoms with Gasteiger partial charge < -0.3 is 28.8 Å². The van der Waals surface area contributed by atoms with Crippen LogP contribution in [0.2, 0.25) is 0 Å². The van der Waals surface area contributed by atoms with Crippen LogP contribution in [-0.2, 0) is 6.42 Å². The van der Waals surface area contributed by atoms with E-state index in [1.165, 1.54) is 0 Å². The minimum absolute atomic E-state index is 0.0413. The fraction of sp³-hybridized carbons (Fsp3) is 0.455. The van der Waals surface area contributed by atoms with E-state index in [9.17, 15) is 5.11 Å². The molecular formula is C22H25NO6. The average Bonchev–Trinajstić information content (AvgIpc) is 3.40. The fourth-order valence-corrected chi connectivity index (χ4v) is 5.00. The highest BCUT2D eigenvalue weighted by Crippen LogP contribution is 2.53. The van der Waals surface area contributed by atoms with E-state index in [0.29, 0.717) is 34.8 Å². The van der Waals surface area contributed by atoms with E-state index in [1.54, 1.807) is 21.3 Å². The third-order valence-corrected chi connectivity index (χ3v) is 6.27. The van der Waals surface area contributed by atoms with Gasteiger partial charge in [0.25, 0.3) is 0 Å². The molecule has 3 heterocycles. The first-order valence-electron chi connectivity index (χ1n) is 9.86. The van der Waals surface area contributed by atoms with E-state index in [0.717, 1.165) is 42.5 Å². The van der Waals surface area contributed by atoms with Crippen LogP contribution < -0.4 is 23.7 Å². The number of phenolic OH excluding ortho intramolecular Hbond substituents is 1. The van der Waals surface area contributed by atoms with Crippen LogP contribution in [0.3, 0.4) is 0 Å². The van der Waals surface area contributed by atoms with E-state index < -0.39 is 0 Å². The van der Waals surface area contributed by atoms with Crippen molar-refractivity contribution < 1.29 is 28.8 Å². The Labute approximate surface area is 169 Å². The van der Waals surface area contributed by atoms with Gasteiger partial charge in [0, 0.05) is 11.6 Å². The summed E-state index contributed by atoms with van der Waals surface area (Å²) in [5, 5.41) is 10.9. The Hall–Kier alpha value is -2.80. The van der Waals surface area contributed by atoms with Crippen molar-refractivity contribution in [3.05, 3.63) is 34.9 Å². The molecular weight excluding hydrogens is 374 g/mol. The van der Waals surface area contributed by atoms with Crippen LogP contribution in [0.25, 0.3) is 0 Å². The van der Waals surface area contributed by atoms with Gasteiger partial charge in [0.15, 0.2) is 23.0 Å². The molecule has 0 aliphatic carbocycles. The van der Waals surface area contributed by atoms with E-state index >= 15 is 0 Å². The number of hydrogen-bond donors (Lipinski definition) is 1. The molecule has 1 fully saturated rings. The van der Waals surface area contributed by atoms with Crippen molar-refractivity contribution in [2.45, 2.75) is 31.3 Å². The Morgan fingerprint density at radius 1 is 1.03 bits per heavy atom. The zero-order valence-corrected chi connectivity index (χ0v) is 16.9. The third-order valence-electron chi connectivity index (χ3n) is 6.27.